The van der Waals surface area contributed by atoms with E-state index in [0.717, 1.165) is 13.1 Å². The van der Waals surface area contributed by atoms with Gasteiger partial charge in [0.15, 0.2) is 0 Å². The smallest absolute Gasteiger partial charge is 0.220 e. The minimum atomic E-state index is 0.00888. The molecule has 2 N–H and O–H groups in total. The molecule has 0 saturated heterocycles. The van der Waals surface area contributed by atoms with Crippen molar-refractivity contribution >= 4 is 17.5 Å². The van der Waals surface area contributed by atoms with Crippen LogP contribution in [0, 0.1) is 6.92 Å². The highest BCUT2D eigenvalue weighted by molar-refractivity contribution is 5.78. The highest BCUT2D eigenvalue weighted by Crippen LogP contribution is 2.14. The van der Waals surface area contributed by atoms with Gasteiger partial charge in [0.25, 0.3) is 0 Å². The van der Waals surface area contributed by atoms with Crippen molar-refractivity contribution in [3.63, 3.8) is 0 Å². The third-order valence-corrected chi connectivity index (χ3v) is 3.63. The third-order valence-electron chi connectivity index (χ3n) is 3.63. The largest absolute Gasteiger partial charge is 0.370 e. The van der Waals surface area contributed by atoms with Gasteiger partial charge in [-0.3, -0.25) is 9.59 Å². The van der Waals surface area contributed by atoms with Gasteiger partial charge in [-0.15, -0.1) is 0 Å². The lowest BCUT2D eigenvalue weighted by molar-refractivity contribution is -0.122. The van der Waals surface area contributed by atoms with E-state index in [4.69, 9.17) is 0 Å². The van der Waals surface area contributed by atoms with Crippen molar-refractivity contribution in [3.05, 3.63) is 29.8 Å². The Balaban J connectivity index is 2.26. The van der Waals surface area contributed by atoms with Crippen molar-refractivity contribution in [3.8, 4) is 0 Å². The number of hydrogen-bond acceptors (Lipinski definition) is 3. The van der Waals surface area contributed by atoms with Crippen molar-refractivity contribution in [2.24, 2.45) is 0 Å². The van der Waals surface area contributed by atoms with Crippen LogP contribution in [0.15, 0.2) is 24.3 Å². The second kappa shape index (κ2) is 10.6. The SMILES string of the molecule is CCNC(=O)CCCC(=O)NCCN(CC)c1cccc(C)c1. The molecule has 1 rings (SSSR count). The number of nitrogens with zero attached hydrogens (tertiary/aromatic N) is 1. The number of benzene rings is 1. The van der Waals surface area contributed by atoms with Gasteiger partial charge in [-0.1, -0.05) is 12.1 Å². The third kappa shape index (κ3) is 7.68. The van der Waals surface area contributed by atoms with Crippen LogP contribution in [-0.4, -0.2) is 38.0 Å². The van der Waals surface area contributed by atoms with Gasteiger partial charge in [-0.2, -0.15) is 0 Å². The molecule has 0 aliphatic rings. The van der Waals surface area contributed by atoms with Crippen LogP contribution in [0.1, 0.15) is 38.7 Å². The summed E-state index contributed by atoms with van der Waals surface area (Å²) < 4.78 is 0. The Morgan fingerprint density at radius 3 is 2.39 bits per heavy atom. The second-order valence-corrected chi connectivity index (χ2v) is 5.58. The van der Waals surface area contributed by atoms with Gasteiger partial charge in [-0.05, 0) is 44.9 Å². The Morgan fingerprint density at radius 2 is 1.78 bits per heavy atom. The van der Waals surface area contributed by atoms with Crippen molar-refractivity contribution < 1.29 is 9.59 Å². The van der Waals surface area contributed by atoms with E-state index in [1.165, 1.54) is 11.3 Å². The molecular weight excluding hydrogens is 290 g/mol. The first-order valence-electron chi connectivity index (χ1n) is 8.41. The molecule has 0 atom stereocenters. The van der Waals surface area contributed by atoms with Crippen LogP contribution in [0.3, 0.4) is 0 Å². The normalized spacial score (nSPS) is 10.2. The van der Waals surface area contributed by atoms with Gasteiger partial charge in [0.2, 0.25) is 11.8 Å². The van der Waals surface area contributed by atoms with Gasteiger partial charge in [0.05, 0.1) is 0 Å². The van der Waals surface area contributed by atoms with Gasteiger partial charge in [0, 0.05) is 44.7 Å². The van der Waals surface area contributed by atoms with E-state index in [2.05, 4.69) is 47.6 Å². The fraction of sp³-hybridized carbons (Fsp3) is 0.556. The van der Waals surface area contributed by atoms with Crippen molar-refractivity contribution in [2.75, 3.05) is 31.1 Å². The Morgan fingerprint density at radius 1 is 1.09 bits per heavy atom. The van der Waals surface area contributed by atoms with Gasteiger partial charge < -0.3 is 15.5 Å². The summed E-state index contributed by atoms with van der Waals surface area (Å²) in [5.41, 5.74) is 2.41. The highest BCUT2D eigenvalue weighted by atomic mass is 16.2. The second-order valence-electron chi connectivity index (χ2n) is 5.58. The number of carbonyl (C=O) groups excluding carboxylic acids is 2. The number of likely N-dealkylation sites (N-methyl/N-ethyl adjacent to an activating group) is 1. The molecule has 2 amide bonds. The first kappa shape index (κ1) is 19.0. The Hall–Kier alpha value is -2.04. The first-order chi connectivity index (χ1) is 11.1. The quantitative estimate of drug-likeness (QED) is 0.695. The predicted molar refractivity (Wildman–Crippen MR) is 94.6 cm³/mol. The van der Waals surface area contributed by atoms with E-state index in [1.54, 1.807) is 0 Å². The fourth-order valence-electron chi connectivity index (χ4n) is 2.41. The summed E-state index contributed by atoms with van der Waals surface area (Å²) in [5, 5.41) is 5.66. The van der Waals surface area contributed by atoms with Crippen molar-refractivity contribution in [1.82, 2.24) is 10.6 Å². The summed E-state index contributed by atoms with van der Waals surface area (Å²) in [6, 6.07) is 8.36. The van der Waals surface area contributed by atoms with Crippen LogP contribution < -0.4 is 15.5 Å². The molecule has 0 radical (unpaired) electrons. The number of carbonyl (C=O) groups is 2. The number of aryl methyl sites for hydroxylation is 1. The van der Waals surface area contributed by atoms with E-state index in [9.17, 15) is 9.59 Å². The summed E-state index contributed by atoms with van der Waals surface area (Å²) in [7, 11) is 0. The molecule has 1 aromatic rings. The Labute approximate surface area is 139 Å². The fourth-order valence-corrected chi connectivity index (χ4v) is 2.41. The molecule has 0 saturated carbocycles. The summed E-state index contributed by atoms with van der Waals surface area (Å²) in [4.78, 5) is 25.3. The lowest BCUT2D eigenvalue weighted by atomic mass is 10.2. The monoisotopic (exact) mass is 319 g/mol. The zero-order chi connectivity index (χ0) is 17.1. The maximum atomic E-state index is 11.8. The van der Waals surface area contributed by atoms with Crippen LogP contribution >= 0.6 is 0 Å². The number of anilines is 1. The summed E-state index contributed by atoms with van der Waals surface area (Å²) in [5.74, 6) is 0.0199. The highest BCUT2D eigenvalue weighted by Gasteiger charge is 2.07. The average molecular weight is 319 g/mol. The summed E-state index contributed by atoms with van der Waals surface area (Å²) in [6.45, 7) is 9.00. The molecule has 128 valence electrons. The van der Waals surface area contributed by atoms with Gasteiger partial charge >= 0.3 is 0 Å². The first-order valence-corrected chi connectivity index (χ1v) is 8.41. The maximum Gasteiger partial charge on any atom is 0.220 e. The molecule has 0 aliphatic heterocycles. The molecule has 5 heteroatoms. The van der Waals surface area contributed by atoms with E-state index < -0.39 is 0 Å². The molecule has 5 nitrogen and oxygen atoms in total. The van der Waals surface area contributed by atoms with Crippen LogP contribution in [-0.2, 0) is 9.59 Å². The van der Waals surface area contributed by atoms with Gasteiger partial charge in [-0.25, -0.2) is 0 Å². The van der Waals surface area contributed by atoms with Crippen LogP contribution in [0.2, 0.25) is 0 Å². The molecular formula is C18H29N3O2. The molecule has 0 fully saturated rings. The number of amides is 2. The molecule has 1 aromatic carbocycles. The predicted octanol–water partition coefficient (Wildman–Crippen LogP) is 2.24. The molecule has 0 aromatic heterocycles. The molecule has 0 spiro atoms. The topological polar surface area (TPSA) is 61.4 Å². The maximum absolute atomic E-state index is 11.8. The van der Waals surface area contributed by atoms with E-state index in [0.29, 0.717) is 32.4 Å². The zero-order valence-electron chi connectivity index (χ0n) is 14.5. The minimum Gasteiger partial charge on any atom is -0.370 e. The van der Waals surface area contributed by atoms with Crippen LogP contribution in [0.5, 0.6) is 0 Å². The molecule has 23 heavy (non-hydrogen) atoms. The zero-order valence-corrected chi connectivity index (χ0v) is 14.5. The lowest BCUT2D eigenvalue weighted by Gasteiger charge is -2.23. The van der Waals surface area contributed by atoms with Crippen LogP contribution in [0.4, 0.5) is 5.69 Å². The lowest BCUT2D eigenvalue weighted by Crippen LogP contribution is -2.35. The van der Waals surface area contributed by atoms with Gasteiger partial charge in [0.1, 0.15) is 0 Å². The number of hydrogen-bond donors (Lipinski definition) is 2. The Bertz CT molecular complexity index is 503. The van der Waals surface area contributed by atoms with E-state index in [1.807, 2.05) is 13.0 Å². The van der Waals surface area contributed by atoms with E-state index >= 15 is 0 Å². The number of rotatable bonds is 10. The average Bonchev–Trinajstić information content (AvgIpc) is 2.52. The van der Waals surface area contributed by atoms with Crippen molar-refractivity contribution in [1.29, 1.82) is 0 Å². The van der Waals surface area contributed by atoms with Crippen molar-refractivity contribution in [2.45, 2.75) is 40.0 Å². The molecule has 0 aliphatic carbocycles. The van der Waals surface area contributed by atoms with Crippen LogP contribution in [0.25, 0.3) is 0 Å². The molecule has 0 unspecified atom stereocenters. The summed E-state index contributed by atoms with van der Waals surface area (Å²) in [6.07, 6.45) is 1.40. The summed E-state index contributed by atoms with van der Waals surface area (Å²) >= 11 is 0. The number of nitrogens with one attached hydrogen (secondary N) is 2. The standard InChI is InChI=1S/C18H29N3O2/c1-4-19-17(22)10-7-11-18(23)20-12-13-21(5-2)16-9-6-8-15(3)14-16/h6,8-9,14H,4-5,7,10-13H2,1-3H3,(H,19,22)(H,20,23). The molecule has 0 bridgehead atoms. The van der Waals surface area contributed by atoms with E-state index in [-0.39, 0.29) is 11.8 Å². The Kier molecular flexibility index (Phi) is 8.80. The molecule has 0 heterocycles. The minimum absolute atomic E-state index is 0.00888.